The number of nitrogens with zero attached hydrogens (tertiary/aromatic N) is 1. The molecule has 18 heavy (non-hydrogen) atoms. The topological polar surface area (TPSA) is 61.4 Å². The number of carbonyl (C=O) groups excluding carboxylic acids is 2. The highest BCUT2D eigenvalue weighted by atomic mass is 35.5. The van der Waals surface area contributed by atoms with Crippen molar-refractivity contribution in [2.45, 2.75) is 43.5 Å². The van der Waals surface area contributed by atoms with Crippen LogP contribution in [0, 0.1) is 0 Å². The number of halogens is 1. The lowest BCUT2D eigenvalue weighted by molar-refractivity contribution is -0.119. The van der Waals surface area contributed by atoms with Gasteiger partial charge in [-0.15, -0.1) is 11.6 Å². The van der Waals surface area contributed by atoms with Gasteiger partial charge in [-0.05, 0) is 33.9 Å². The van der Waals surface area contributed by atoms with E-state index in [0.717, 1.165) is 12.8 Å². The third-order valence-corrected chi connectivity index (χ3v) is 3.86. The van der Waals surface area contributed by atoms with Crippen molar-refractivity contribution in [2.75, 3.05) is 20.6 Å². The van der Waals surface area contributed by atoms with E-state index in [0.29, 0.717) is 6.54 Å². The molecule has 5 nitrogen and oxygen atoms in total. The van der Waals surface area contributed by atoms with Crippen LogP contribution in [-0.2, 0) is 4.79 Å². The zero-order valence-corrected chi connectivity index (χ0v) is 12.0. The molecule has 1 unspecified atom stereocenters. The smallest absolute Gasteiger partial charge is 0.321 e. The van der Waals surface area contributed by atoms with Gasteiger partial charge < -0.3 is 10.2 Å². The van der Waals surface area contributed by atoms with Gasteiger partial charge in [0.05, 0.1) is 0 Å². The van der Waals surface area contributed by atoms with Gasteiger partial charge in [0.15, 0.2) is 0 Å². The minimum atomic E-state index is -0.704. The Morgan fingerprint density at radius 2 is 1.89 bits per heavy atom. The minimum absolute atomic E-state index is 0.0208. The monoisotopic (exact) mass is 275 g/mol. The van der Waals surface area contributed by atoms with Gasteiger partial charge in [-0.25, -0.2) is 4.79 Å². The molecule has 1 aliphatic rings. The number of amides is 3. The average Bonchev–Trinajstić information content (AvgIpc) is 2.76. The van der Waals surface area contributed by atoms with Crippen molar-refractivity contribution in [3.05, 3.63) is 0 Å². The third kappa shape index (κ3) is 3.85. The summed E-state index contributed by atoms with van der Waals surface area (Å²) >= 11 is 5.58. The molecule has 104 valence electrons. The van der Waals surface area contributed by atoms with Gasteiger partial charge in [-0.2, -0.15) is 0 Å². The van der Waals surface area contributed by atoms with E-state index in [4.69, 9.17) is 11.6 Å². The highest BCUT2D eigenvalue weighted by molar-refractivity contribution is 6.31. The first-order valence-electron chi connectivity index (χ1n) is 6.27. The fourth-order valence-corrected chi connectivity index (χ4v) is 2.37. The molecular weight excluding hydrogens is 254 g/mol. The maximum absolute atomic E-state index is 11.6. The Morgan fingerprint density at radius 3 is 2.33 bits per heavy atom. The molecule has 3 amide bonds. The van der Waals surface area contributed by atoms with Crippen LogP contribution in [0.25, 0.3) is 0 Å². The summed E-state index contributed by atoms with van der Waals surface area (Å²) in [4.78, 5) is 25.0. The van der Waals surface area contributed by atoms with Gasteiger partial charge in [0, 0.05) is 12.1 Å². The first-order chi connectivity index (χ1) is 8.37. The standard InChI is InChI=1S/C12H22ClN3O2/c1-9(13)10(17)15-11(18)14-8-12(16(2)3)6-4-5-7-12/h9H,4-8H2,1-3H3,(H2,14,15,17,18). The van der Waals surface area contributed by atoms with Crippen LogP contribution in [0.2, 0.25) is 0 Å². The Hall–Kier alpha value is -0.810. The molecule has 0 aromatic carbocycles. The molecule has 0 radical (unpaired) electrons. The van der Waals surface area contributed by atoms with Gasteiger partial charge in [0.2, 0.25) is 5.91 Å². The van der Waals surface area contributed by atoms with E-state index in [9.17, 15) is 9.59 Å². The van der Waals surface area contributed by atoms with E-state index in [1.54, 1.807) is 0 Å². The molecule has 0 aromatic heterocycles. The second-order valence-corrected chi connectivity index (χ2v) is 5.77. The highest BCUT2D eigenvalue weighted by Crippen LogP contribution is 2.32. The maximum Gasteiger partial charge on any atom is 0.321 e. The molecule has 1 saturated carbocycles. The molecule has 1 atom stereocenters. The van der Waals surface area contributed by atoms with Crippen LogP contribution in [-0.4, -0.2) is 48.4 Å². The molecule has 1 aliphatic carbocycles. The van der Waals surface area contributed by atoms with E-state index in [-0.39, 0.29) is 5.54 Å². The van der Waals surface area contributed by atoms with Crippen LogP contribution < -0.4 is 10.6 Å². The highest BCUT2D eigenvalue weighted by Gasteiger charge is 2.36. The van der Waals surface area contributed by atoms with Crippen molar-refractivity contribution in [3.8, 4) is 0 Å². The zero-order valence-electron chi connectivity index (χ0n) is 11.3. The van der Waals surface area contributed by atoms with Crippen molar-refractivity contribution >= 4 is 23.5 Å². The van der Waals surface area contributed by atoms with Crippen molar-refractivity contribution in [1.82, 2.24) is 15.5 Å². The number of carbonyl (C=O) groups is 2. The summed E-state index contributed by atoms with van der Waals surface area (Å²) < 4.78 is 0. The maximum atomic E-state index is 11.6. The summed E-state index contributed by atoms with van der Waals surface area (Å²) in [5.74, 6) is -0.473. The number of hydrogen-bond acceptors (Lipinski definition) is 3. The molecule has 0 spiro atoms. The molecule has 0 bridgehead atoms. The number of urea groups is 1. The van der Waals surface area contributed by atoms with E-state index in [1.807, 2.05) is 14.1 Å². The Labute approximate surface area is 113 Å². The molecule has 0 heterocycles. The normalized spacial score (nSPS) is 19.6. The predicted octanol–water partition coefficient (Wildman–Crippen LogP) is 1.31. The van der Waals surface area contributed by atoms with E-state index in [1.165, 1.54) is 19.8 Å². The molecule has 1 rings (SSSR count). The molecule has 2 N–H and O–H groups in total. The summed E-state index contributed by atoms with van der Waals surface area (Å²) in [5, 5.41) is 4.28. The first-order valence-corrected chi connectivity index (χ1v) is 6.71. The molecule has 0 aliphatic heterocycles. The van der Waals surface area contributed by atoms with Crippen molar-refractivity contribution in [3.63, 3.8) is 0 Å². The number of imide groups is 1. The summed E-state index contributed by atoms with van der Waals surface area (Å²) in [6, 6.07) is -0.472. The van der Waals surface area contributed by atoms with Crippen LogP contribution in [0.3, 0.4) is 0 Å². The van der Waals surface area contributed by atoms with Gasteiger partial charge in [0.1, 0.15) is 5.38 Å². The van der Waals surface area contributed by atoms with Crippen molar-refractivity contribution < 1.29 is 9.59 Å². The molecule has 1 fully saturated rings. The fraction of sp³-hybridized carbons (Fsp3) is 0.833. The SMILES string of the molecule is CC(Cl)C(=O)NC(=O)NCC1(N(C)C)CCCC1. The van der Waals surface area contributed by atoms with Crippen LogP contribution in [0.4, 0.5) is 4.79 Å². The van der Waals surface area contributed by atoms with Gasteiger partial charge in [-0.1, -0.05) is 12.8 Å². The lowest BCUT2D eigenvalue weighted by Gasteiger charge is -2.36. The van der Waals surface area contributed by atoms with Gasteiger partial charge in [-0.3, -0.25) is 10.1 Å². The van der Waals surface area contributed by atoms with Crippen LogP contribution in [0.5, 0.6) is 0 Å². The number of rotatable bonds is 4. The van der Waals surface area contributed by atoms with Gasteiger partial charge in [0.25, 0.3) is 0 Å². The van der Waals surface area contributed by atoms with Crippen molar-refractivity contribution in [1.29, 1.82) is 0 Å². The predicted molar refractivity (Wildman–Crippen MR) is 71.7 cm³/mol. The lowest BCUT2D eigenvalue weighted by Crippen LogP contribution is -2.53. The van der Waals surface area contributed by atoms with E-state index >= 15 is 0 Å². The zero-order chi connectivity index (χ0) is 13.8. The molecule has 0 aromatic rings. The molecule has 6 heteroatoms. The number of alkyl halides is 1. The van der Waals surface area contributed by atoms with Crippen LogP contribution in [0.15, 0.2) is 0 Å². The van der Waals surface area contributed by atoms with E-state index < -0.39 is 17.3 Å². The largest absolute Gasteiger partial charge is 0.336 e. The number of hydrogen-bond donors (Lipinski definition) is 2. The van der Waals surface area contributed by atoms with Gasteiger partial charge >= 0.3 is 6.03 Å². The minimum Gasteiger partial charge on any atom is -0.336 e. The van der Waals surface area contributed by atoms with Crippen LogP contribution >= 0.6 is 11.6 Å². The first kappa shape index (κ1) is 15.2. The summed E-state index contributed by atoms with van der Waals surface area (Å²) in [7, 11) is 4.05. The third-order valence-electron chi connectivity index (χ3n) is 3.66. The second-order valence-electron chi connectivity index (χ2n) is 5.11. The fourth-order valence-electron chi connectivity index (χ4n) is 2.32. The Bertz CT molecular complexity index is 312. The lowest BCUT2D eigenvalue weighted by atomic mass is 9.96. The van der Waals surface area contributed by atoms with Crippen LogP contribution in [0.1, 0.15) is 32.6 Å². The van der Waals surface area contributed by atoms with Crippen molar-refractivity contribution in [2.24, 2.45) is 0 Å². The summed E-state index contributed by atoms with van der Waals surface area (Å²) in [6.07, 6.45) is 4.50. The summed E-state index contributed by atoms with van der Waals surface area (Å²) in [6.45, 7) is 2.08. The quantitative estimate of drug-likeness (QED) is 0.761. The number of nitrogens with one attached hydrogen (secondary N) is 2. The number of likely N-dealkylation sites (N-methyl/N-ethyl adjacent to an activating group) is 1. The summed E-state index contributed by atoms with van der Waals surface area (Å²) in [5.41, 5.74) is 0.0208. The van der Waals surface area contributed by atoms with E-state index in [2.05, 4.69) is 15.5 Å². The average molecular weight is 276 g/mol. The molecular formula is C12H22ClN3O2. The Balaban J connectivity index is 2.43. The molecule has 0 saturated heterocycles. The Kier molecular flexibility index (Phi) is 5.41. The Morgan fingerprint density at radius 1 is 1.33 bits per heavy atom. The second kappa shape index (κ2) is 6.38.